The summed E-state index contributed by atoms with van der Waals surface area (Å²) in [7, 11) is -4.02. The van der Waals surface area contributed by atoms with Crippen LogP contribution in [0.25, 0.3) is 0 Å². The lowest BCUT2D eigenvalue weighted by Crippen LogP contribution is -2.35. The Balaban J connectivity index is 2.11. The highest BCUT2D eigenvalue weighted by Gasteiger charge is 2.43. The third-order valence-electron chi connectivity index (χ3n) is 3.18. The molecule has 1 atom stereocenters. The van der Waals surface area contributed by atoms with E-state index in [1.54, 1.807) is 6.07 Å². The Hall–Kier alpha value is -1.35. The summed E-state index contributed by atoms with van der Waals surface area (Å²) in [4.78, 5) is 24.1. The summed E-state index contributed by atoms with van der Waals surface area (Å²) < 4.78 is 31.4. The first-order chi connectivity index (χ1) is 10.8. The van der Waals surface area contributed by atoms with Crippen molar-refractivity contribution in [2.45, 2.75) is 25.8 Å². The lowest BCUT2D eigenvalue weighted by atomic mass is 10.2. The Morgan fingerprint density at radius 1 is 1.35 bits per heavy atom. The minimum absolute atomic E-state index is 0.0695. The Bertz CT molecular complexity index is 718. The molecule has 1 aromatic carbocycles. The second-order valence-corrected chi connectivity index (χ2v) is 7.25. The lowest BCUT2D eigenvalue weighted by Gasteiger charge is -2.15. The minimum atomic E-state index is -4.02. The van der Waals surface area contributed by atoms with Gasteiger partial charge in [0.1, 0.15) is 6.04 Å². The van der Waals surface area contributed by atoms with Gasteiger partial charge in [0.2, 0.25) is 0 Å². The zero-order valence-electron chi connectivity index (χ0n) is 12.1. The van der Waals surface area contributed by atoms with Crippen molar-refractivity contribution in [2.75, 3.05) is 6.73 Å². The van der Waals surface area contributed by atoms with Crippen LogP contribution >= 0.6 is 23.2 Å². The molecule has 7 nitrogen and oxygen atoms in total. The Labute approximate surface area is 143 Å². The van der Waals surface area contributed by atoms with Gasteiger partial charge in [-0.2, -0.15) is 17.4 Å². The second-order valence-electron chi connectivity index (χ2n) is 4.81. The monoisotopic (exact) mass is 380 g/mol. The normalized spacial score (nSPS) is 19.9. The van der Waals surface area contributed by atoms with Crippen molar-refractivity contribution in [1.29, 1.82) is 0 Å². The number of carbonyl (C=O) groups is 2. The molecule has 1 amide bonds. The number of carbonyl (C=O) groups excluding carboxylic acids is 2. The highest BCUT2D eigenvalue weighted by Crippen LogP contribution is 2.25. The number of esters is 1. The quantitative estimate of drug-likeness (QED) is 0.787. The van der Waals surface area contributed by atoms with E-state index in [2.05, 4.69) is 4.72 Å². The molecule has 1 fully saturated rings. The molecule has 23 heavy (non-hydrogen) atoms. The van der Waals surface area contributed by atoms with Gasteiger partial charge >= 0.3 is 16.2 Å². The Morgan fingerprint density at radius 3 is 2.52 bits per heavy atom. The predicted molar refractivity (Wildman–Crippen MR) is 84.3 cm³/mol. The third-order valence-corrected chi connectivity index (χ3v) is 5.26. The molecule has 0 aromatic heterocycles. The maximum absolute atomic E-state index is 12.0. The predicted octanol–water partition coefficient (Wildman–Crippen LogP) is 1.95. The molecular formula is C13H14Cl2N2O5S. The average molecular weight is 381 g/mol. The van der Waals surface area contributed by atoms with Gasteiger partial charge in [-0.05, 0) is 18.6 Å². The molecule has 0 radical (unpaired) electrons. The highest BCUT2D eigenvalue weighted by atomic mass is 35.5. The standard InChI is InChI=1S/C13H14Cl2N2O5S/c1-2-4-10-12(18)17(23(20,21)16-10)7-22-13(19)11-8(14)5-3-6-9(11)15/h3,5-6,10,16H,2,4,7H2,1H3. The Kier molecular flexibility index (Phi) is 5.51. The van der Waals surface area contributed by atoms with Crippen LogP contribution in [0, 0.1) is 0 Å². The molecule has 2 rings (SSSR count). The first kappa shape index (κ1) is 18.0. The second kappa shape index (κ2) is 7.04. The van der Waals surface area contributed by atoms with E-state index < -0.39 is 34.9 Å². The zero-order chi connectivity index (χ0) is 17.2. The van der Waals surface area contributed by atoms with Crippen molar-refractivity contribution in [2.24, 2.45) is 0 Å². The van der Waals surface area contributed by atoms with Crippen LogP contribution in [0.3, 0.4) is 0 Å². The number of rotatable bonds is 5. The molecule has 1 N–H and O–H groups in total. The lowest BCUT2D eigenvalue weighted by molar-refractivity contribution is -0.129. The molecule has 1 heterocycles. The van der Waals surface area contributed by atoms with E-state index in [0.29, 0.717) is 17.1 Å². The fourth-order valence-electron chi connectivity index (χ4n) is 2.07. The van der Waals surface area contributed by atoms with Gasteiger partial charge in [0, 0.05) is 0 Å². The van der Waals surface area contributed by atoms with Gasteiger partial charge in [-0.3, -0.25) is 4.79 Å². The molecule has 10 heteroatoms. The molecule has 126 valence electrons. The number of amides is 1. The highest BCUT2D eigenvalue weighted by molar-refractivity contribution is 7.88. The summed E-state index contributed by atoms with van der Waals surface area (Å²) in [6.45, 7) is 1.08. The van der Waals surface area contributed by atoms with E-state index in [1.807, 2.05) is 6.92 Å². The van der Waals surface area contributed by atoms with E-state index >= 15 is 0 Å². The van der Waals surface area contributed by atoms with Crippen LogP contribution in [-0.4, -0.2) is 37.4 Å². The van der Waals surface area contributed by atoms with E-state index in [9.17, 15) is 18.0 Å². The number of hydrogen-bond acceptors (Lipinski definition) is 5. The van der Waals surface area contributed by atoms with Crippen molar-refractivity contribution >= 4 is 45.3 Å². The molecule has 1 saturated heterocycles. The van der Waals surface area contributed by atoms with Gasteiger partial charge in [0.25, 0.3) is 5.91 Å². The fourth-order valence-corrected chi connectivity index (χ4v) is 3.89. The van der Waals surface area contributed by atoms with Crippen molar-refractivity contribution in [3.63, 3.8) is 0 Å². The van der Waals surface area contributed by atoms with Gasteiger partial charge in [-0.1, -0.05) is 42.6 Å². The van der Waals surface area contributed by atoms with E-state index in [-0.39, 0.29) is 15.6 Å². The molecule has 0 aliphatic carbocycles. The van der Waals surface area contributed by atoms with Crippen molar-refractivity contribution in [3.05, 3.63) is 33.8 Å². The van der Waals surface area contributed by atoms with Gasteiger partial charge in [-0.25, -0.2) is 4.79 Å². The largest absolute Gasteiger partial charge is 0.439 e. The van der Waals surface area contributed by atoms with Gasteiger partial charge < -0.3 is 4.74 Å². The summed E-state index contributed by atoms with van der Waals surface area (Å²) in [6.07, 6.45) is 0.987. The molecule has 0 spiro atoms. The van der Waals surface area contributed by atoms with Crippen LogP contribution in [0.1, 0.15) is 30.1 Å². The molecule has 1 aliphatic heterocycles. The Morgan fingerprint density at radius 2 is 1.96 bits per heavy atom. The van der Waals surface area contributed by atoms with E-state index in [1.165, 1.54) is 12.1 Å². The summed E-state index contributed by atoms with van der Waals surface area (Å²) in [5, 5.41) is 0.139. The molecule has 1 aliphatic rings. The summed E-state index contributed by atoms with van der Waals surface area (Å²) in [6, 6.07) is 3.60. The number of benzene rings is 1. The maximum Gasteiger partial charge on any atom is 0.342 e. The first-order valence-electron chi connectivity index (χ1n) is 6.73. The third kappa shape index (κ3) is 3.77. The maximum atomic E-state index is 12.0. The van der Waals surface area contributed by atoms with Crippen LogP contribution in [0.4, 0.5) is 0 Å². The molecular weight excluding hydrogens is 367 g/mol. The number of nitrogens with one attached hydrogen (secondary N) is 1. The van der Waals surface area contributed by atoms with Crippen LogP contribution in [0.15, 0.2) is 18.2 Å². The molecule has 1 unspecified atom stereocenters. The van der Waals surface area contributed by atoms with E-state index in [0.717, 1.165) is 0 Å². The van der Waals surface area contributed by atoms with Gasteiger partial charge in [0.05, 0.1) is 15.6 Å². The van der Waals surface area contributed by atoms with Crippen molar-refractivity contribution in [1.82, 2.24) is 9.03 Å². The van der Waals surface area contributed by atoms with Crippen LogP contribution in [-0.2, 0) is 19.7 Å². The summed E-state index contributed by atoms with van der Waals surface area (Å²) in [5.74, 6) is -1.58. The smallest absolute Gasteiger partial charge is 0.342 e. The topological polar surface area (TPSA) is 92.8 Å². The number of ether oxygens (including phenoxy) is 1. The number of nitrogens with zero attached hydrogens (tertiary/aromatic N) is 1. The van der Waals surface area contributed by atoms with Crippen LogP contribution in [0.5, 0.6) is 0 Å². The number of hydrogen-bond donors (Lipinski definition) is 1. The van der Waals surface area contributed by atoms with Gasteiger partial charge in [-0.15, -0.1) is 0 Å². The molecule has 0 saturated carbocycles. The SMILES string of the molecule is CCCC1NS(=O)(=O)N(COC(=O)c2c(Cl)cccc2Cl)C1=O. The van der Waals surface area contributed by atoms with E-state index in [4.69, 9.17) is 27.9 Å². The summed E-state index contributed by atoms with van der Waals surface area (Å²) >= 11 is 11.7. The van der Waals surface area contributed by atoms with Crippen LogP contribution in [0.2, 0.25) is 10.0 Å². The first-order valence-corrected chi connectivity index (χ1v) is 8.92. The average Bonchev–Trinajstić information content (AvgIpc) is 2.66. The minimum Gasteiger partial charge on any atom is -0.439 e. The van der Waals surface area contributed by atoms with Gasteiger partial charge in [0.15, 0.2) is 6.73 Å². The molecule has 0 bridgehead atoms. The zero-order valence-corrected chi connectivity index (χ0v) is 14.4. The van der Waals surface area contributed by atoms with Crippen molar-refractivity contribution in [3.8, 4) is 0 Å². The summed E-state index contributed by atoms with van der Waals surface area (Å²) in [5.41, 5.74) is -0.0852. The molecule has 1 aromatic rings. The van der Waals surface area contributed by atoms with Crippen LogP contribution < -0.4 is 4.72 Å². The fraction of sp³-hybridized carbons (Fsp3) is 0.385. The van der Waals surface area contributed by atoms with Crippen molar-refractivity contribution < 1.29 is 22.7 Å². The number of halogens is 2.